The number of aromatic nitrogens is 2. The number of ether oxygens (including phenoxy) is 2. The molecule has 0 unspecified atom stereocenters. The number of amides is 2. The average molecular weight is 352 g/mol. The van der Waals surface area contributed by atoms with Gasteiger partial charge in [0.2, 0.25) is 6.79 Å². The average Bonchev–Trinajstić information content (AvgIpc) is 3.36. The Morgan fingerprint density at radius 3 is 2.77 bits per heavy atom. The van der Waals surface area contributed by atoms with Gasteiger partial charge < -0.3 is 24.5 Å². The van der Waals surface area contributed by atoms with Crippen LogP contribution in [0, 0.1) is 0 Å². The van der Waals surface area contributed by atoms with Crippen molar-refractivity contribution in [3.63, 3.8) is 0 Å². The Balaban J connectivity index is 1.33. The summed E-state index contributed by atoms with van der Waals surface area (Å²) in [6.07, 6.45) is 4.73. The Labute approximate surface area is 149 Å². The van der Waals surface area contributed by atoms with Gasteiger partial charge in [0.05, 0.1) is 18.5 Å². The molecule has 8 heteroatoms. The van der Waals surface area contributed by atoms with Gasteiger partial charge in [0, 0.05) is 18.9 Å². The molecule has 8 nitrogen and oxygen atoms in total. The van der Waals surface area contributed by atoms with Gasteiger partial charge in [0.15, 0.2) is 17.3 Å². The van der Waals surface area contributed by atoms with Crippen LogP contribution in [0.15, 0.2) is 53.4 Å². The Bertz CT molecular complexity index is 911. The molecule has 1 aliphatic heterocycles. The van der Waals surface area contributed by atoms with E-state index in [9.17, 15) is 4.79 Å². The SMILES string of the molecule is O=C(NCc1ccc2c(c1)OCO2)NCc1nccnc1-c1ccco1. The lowest BCUT2D eigenvalue weighted by molar-refractivity contribution is 0.174. The van der Waals surface area contributed by atoms with Gasteiger partial charge in [-0.05, 0) is 29.8 Å². The molecule has 1 aliphatic rings. The number of hydrogen-bond donors (Lipinski definition) is 2. The van der Waals surface area contributed by atoms with E-state index in [1.165, 1.54) is 0 Å². The zero-order valence-electron chi connectivity index (χ0n) is 13.8. The van der Waals surface area contributed by atoms with Crippen LogP contribution in [0.5, 0.6) is 11.5 Å². The van der Waals surface area contributed by atoms with E-state index < -0.39 is 0 Å². The lowest BCUT2D eigenvalue weighted by Gasteiger charge is -2.09. The number of carbonyl (C=O) groups excluding carboxylic acids is 1. The number of hydrogen-bond acceptors (Lipinski definition) is 6. The van der Waals surface area contributed by atoms with E-state index in [0.29, 0.717) is 35.2 Å². The van der Waals surface area contributed by atoms with Crippen LogP contribution >= 0.6 is 0 Å². The zero-order chi connectivity index (χ0) is 17.8. The van der Waals surface area contributed by atoms with Crippen molar-refractivity contribution in [3.8, 4) is 23.0 Å². The highest BCUT2D eigenvalue weighted by Crippen LogP contribution is 2.32. The second-order valence-electron chi connectivity index (χ2n) is 5.55. The standard InChI is InChI=1S/C18H16N4O4/c23-18(21-9-12-3-4-14-16(8-12)26-11-25-14)22-10-13-17(20-6-5-19-13)15-2-1-7-24-15/h1-8H,9-11H2,(H2,21,22,23). The molecule has 3 heterocycles. The van der Waals surface area contributed by atoms with Crippen LogP contribution in [0.3, 0.4) is 0 Å². The first-order valence-corrected chi connectivity index (χ1v) is 8.03. The molecule has 2 amide bonds. The fraction of sp³-hybridized carbons (Fsp3) is 0.167. The summed E-state index contributed by atoms with van der Waals surface area (Å²) in [5.74, 6) is 2.01. The minimum absolute atomic E-state index is 0.225. The van der Waals surface area contributed by atoms with E-state index in [1.54, 1.807) is 30.8 Å². The van der Waals surface area contributed by atoms with Crippen molar-refractivity contribution in [3.05, 3.63) is 60.2 Å². The molecule has 0 bridgehead atoms. The highest BCUT2D eigenvalue weighted by atomic mass is 16.7. The fourth-order valence-corrected chi connectivity index (χ4v) is 2.58. The van der Waals surface area contributed by atoms with Crippen molar-refractivity contribution in [2.45, 2.75) is 13.1 Å². The van der Waals surface area contributed by atoms with Gasteiger partial charge in [-0.15, -0.1) is 0 Å². The van der Waals surface area contributed by atoms with Crippen molar-refractivity contribution < 1.29 is 18.7 Å². The molecule has 0 saturated carbocycles. The van der Waals surface area contributed by atoms with Crippen LogP contribution in [0.1, 0.15) is 11.3 Å². The number of rotatable bonds is 5. The minimum atomic E-state index is -0.307. The number of urea groups is 1. The third-order valence-electron chi connectivity index (χ3n) is 3.84. The van der Waals surface area contributed by atoms with Crippen molar-refractivity contribution in [2.75, 3.05) is 6.79 Å². The molecule has 3 aromatic rings. The van der Waals surface area contributed by atoms with Gasteiger partial charge in [-0.1, -0.05) is 6.07 Å². The van der Waals surface area contributed by atoms with Crippen LogP contribution in [0.4, 0.5) is 4.79 Å². The first-order valence-electron chi connectivity index (χ1n) is 8.03. The minimum Gasteiger partial charge on any atom is -0.463 e. The van der Waals surface area contributed by atoms with Crippen LogP contribution in [-0.2, 0) is 13.1 Å². The predicted octanol–water partition coefficient (Wildman–Crippen LogP) is 2.46. The van der Waals surface area contributed by atoms with Crippen LogP contribution < -0.4 is 20.1 Å². The molecule has 0 spiro atoms. The van der Waals surface area contributed by atoms with Gasteiger partial charge in [-0.25, -0.2) is 9.78 Å². The van der Waals surface area contributed by atoms with Crippen molar-refractivity contribution in [1.29, 1.82) is 0 Å². The lowest BCUT2D eigenvalue weighted by atomic mass is 10.2. The summed E-state index contributed by atoms with van der Waals surface area (Å²) in [5.41, 5.74) is 2.15. The molecule has 2 aromatic heterocycles. The van der Waals surface area contributed by atoms with Crippen LogP contribution in [-0.4, -0.2) is 22.8 Å². The molecule has 2 N–H and O–H groups in total. The Morgan fingerprint density at radius 1 is 1.04 bits per heavy atom. The second kappa shape index (κ2) is 7.14. The third-order valence-corrected chi connectivity index (χ3v) is 3.84. The molecule has 0 radical (unpaired) electrons. The van der Waals surface area contributed by atoms with E-state index in [1.807, 2.05) is 18.2 Å². The van der Waals surface area contributed by atoms with Gasteiger partial charge in [0.25, 0.3) is 0 Å². The quantitative estimate of drug-likeness (QED) is 0.732. The Kier molecular flexibility index (Phi) is 4.38. The summed E-state index contributed by atoms with van der Waals surface area (Å²) in [5, 5.41) is 5.57. The van der Waals surface area contributed by atoms with Gasteiger partial charge in [-0.2, -0.15) is 0 Å². The summed E-state index contributed by atoms with van der Waals surface area (Å²) in [6.45, 7) is 0.827. The molecular formula is C18H16N4O4. The number of fused-ring (bicyclic) bond motifs is 1. The maximum atomic E-state index is 12.1. The Hall–Kier alpha value is -3.55. The monoisotopic (exact) mass is 352 g/mol. The molecule has 0 fully saturated rings. The van der Waals surface area contributed by atoms with E-state index in [2.05, 4.69) is 20.6 Å². The van der Waals surface area contributed by atoms with Crippen LogP contribution in [0.2, 0.25) is 0 Å². The first-order chi connectivity index (χ1) is 12.8. The summed E-state index contributed by atoms with van der Waals surface area (Å²) < 4.78 is 15.9. The summed E-state index contributed by atoms with van der Waals surface area (Å²) >= 11 is 0. The van der Waals surface area contributed by atoms with E-state index in [0.717, 1.165) is 5.56 Å². The van der Waals surface area contributed by atoms with Crippen molar-refractivity contribution >= 4 is 6.03 Å². The summed E-state index contributed by atoms with van der Waals surface area (Å²) in [4.78, 5) is 20.6. The number of nitrogens with zero attached hydrogens (tertiary/aromatic N) is 2. The molecule has 0 saturated heterocycles. The van der Waals surface area contributed by atoms with E-state index >= 15 is 0 Å². The number of carbonyl (C=O) groups is 1. The number of benzene rings is 1. The topological polar surface area (TPSA) is 98.5 Å². The van der Waals surface area contributed by atoms with Gasteiger partial charge in [-0.3, -0.25) is 4.98 Å². The molecular weight excluding hydrogens is 336 g/mol. The largest absolute Gasteiger partial charge is 0.463 e. The second-order valence-corrected chi connectivity index (χ2v) is 5.55. The normalized spacial score (nSPS) is 12.0. The highest BCUT2D eigenvalue weighted by Gasteiger charge is 2.14. The van der Waals surface area contributed by atoms with E-state index in [-0.39, 0.29) is 19.4 Å². The zero-order valence-corrected chi connectivity index (χ0v) is 13.8. The van der Waals surface area contributed by atoms with Crippen LogP contribution in [0.25, 0.3) is 11.5 Å². The molecule has 1 aromatic carbocycles. The number of furan rings is 1. The first kappa shape index (κ1) is 15.9. The maximum Gasteiger partial charge on any atom is 0.315 e. The molecule has 132 valence electrons. The number of nitrogens with one attached hydrogen (secondary N) is 2. The Morgan fingerprint density at radius 2 is 1.88 bits per heavy atom. The smallest absolute Gasteiger partial charge is 0.315 e. The fourth-order valence-electron chi connectivity index (χ4n) is 2.58. The van der Waals surface area contributed by atoms with Gasteiger partial charge >= 0.3 is 6.03 Å². The van der Waals surface area contributed by atoms with Crippen molar-refractivity contribution in [2.24, 2.45) is 0 Å². The third kappa shape index (κ3) is 3.44. The molecule has 26 heavy (non-hydrogen) atoms. The molecule has 0 atom stereocenters. The maximum absolute atomic E-state index is 12.1. The summed E-state index contributed by atoms with van der Waals surface area (Å²) in [6, 6.07) is 8.82. The predicted molar refractivity (Wildman–Crippen MR) is 91.4 cm³/mol. The summed E-state index contributed by atoms with van der Waals surface area (Å²) in [7, 11) is 0. The van der Waals surface area contributed by atoms with Crippen molar-refractivity contribution in [1.82, 2.24) is 20.6 Å². The van der Waals surface area contributed by atoms with E-state index in [4.69, 9.17) is 13.9 Å². The lowest BCUT2D eigenvalue weighted by Crippen LogP contribution is -2.34. The molecule has 4 rings (SSSR count). The highest BCUT2D eigenvalue weighted by molar-refractivity contribution is 5.74. The molecule has 0 aliphatic carbocycles. The van der Waals surface area contributed by atoms with Gasteiger partial charge in [0.1, 0.15) is 5.69 Å².